The predicted octanol–water partition coefficient (Wildman–Crippen LogP) is 3.93. The molecule has 0 unspecified atom stereocenters. The molecule has 7 nitrogen and oxygen atoms in total. The molecule has 2 aliphatic heterocycles. The molecule has 3 heterocycles. The van der Waals surface area contributed by atoms with Crippen LogP contribution in [0, 0.1) is 17.2 Å². The lowest BCUT2D eigenvalue weighted by Crippen LogP contribution is -2.40. The van der Waals surface area contributed by atoms with Crippen LogP contribution in [0.3, 0.4) is 0 Å². The number of nitrogens with one attached hydrogen (secondary N) is 1. The number of benzene rings is 2. The van der Waals surface area contributed by atoms with Crippen LogP contribution in [0.25, 0.3) is 10.9 Å². The molecule has 0 aliphatic carbocycles. The molecule has 1 aromatic heterocycles. The van der Waals surface area contributed by atoms with Gasteiger partial charge in [-0.15, -0.1) is 0 Å². The predicted molar refractivity (Wildman–Crippen MR) is 125 cm³/mol. The van der Waals surface area contributed by atoms with E-state index in [2.05, 4.69) is 40.3 Å². The largest absolute Gasteiger partial charge is 0.454 e. The molecule has 5 rings (SSSR count). The van der Waals surface area contributed by atoms with Crippen molar-refractivity contribution < 1.29 is 14.3 Å². The second-order valence-electron chi connectivity index (χ2n) is 8.50. The van der Waals surface area contributed by atoms with Gasteiger partial charge in [0.1, 0.15) is 6.07 Å². The van der Waals surface area contributed by atoms with Crippen LogP contribution in [0.2, 0.25) is 0 Å². The minimum atomic E-state index is -0.0416. The summed E-state index contributed by atoms with van der Waals surface area (Å²) in [6, 6.07) is 14.3. The number of aryl methyl sites for hydroxylation is 1. The number of ether oxygens (including phenoxy) is 2. The summed E-state index contributed by atoms with van der Waals surface area (Å²) in [5.74, 6) is 1.49. The third kappa shape index (κ3) is 4.17. The maximum atomic E-state index is 12.8. The minimum Gasteiger partial charge on any atom is -0.454 e. The Morgan fingerprint density at radius 3 is 2.73 bits per heavy atom. The lowest BCUT2D eigenvalue weighted by molar-refractivity contribution is -0.125. The van der Waals surface area contributed by atoms with Gasteiger partial charge in [0.15, 0.2) is 11.5 Å². The zero-order valence-corrected chi connectivity index (χ0v) is 18.6. The first kappa shape index (κ1) is 21.1. The van der Waals surface area contributed by atoms with Crippen molar-refractivity contribution in [2.75, 3.05) is 24.8 Å². The van der Waals surface area contributed by atoms with Gasteiger partial charge >= 0.3 is 0 Å². The minimum absolute atomic E-state index is 0.0416. The van der Waals surface area contributed by atoms with Gasteiger partial charge in [-0.25, -0.2) is 0 Å². The van der Waals surface area contributed by atoms with Crippen molar-refractivity contribution in [1.82, 2.24) is 10.3 Å². The smallest absolute Gasteiger partial charge is 0.231 e. The molecule has 2 aliphatic rings. The molecule has 0 atom stereocenters. The molecule has 7 heteroatoms. The molecule has 168 valence electrons. The number of hydrogen-bond donors (Lipinski definition) is 1. The number of carbonyl (C=O) groups excluding carboxylic acids is 1. The number of carbonyl (C=O) groups is 1. The van der Waals surface area contributed by atoms with E-state index in [4.69, 9.17) is 9.47 Å². The van der Waals surface area contributed by atoms with Gasteiger partial charge in [0.2, 0.25) is 12.7 Å². The van der Waals surface area contributed by atoms with E-state index in [1.807, 2.05) is 24.3 Å². The molecule has 1 saturated heterocycles. The Morgan fingerprint density at radius 2 is 1.94 bits per heavy atom. The Labute approximate surface area is 192 Å². The van der Waals surface area contributed by atoms with Gasteiger partial charge in [0.05, 0.1) is 16.8 Å². The zero-order valence-electron chi connectivity index (χ0n) is 18.6. The van der Waals surface area contributed by atoms with Gasteiger partial charge in [-0.2, -0.15) is 5.26 Å². The molecule has 2 aromatic carbocycles. The van der Waals surface area contributed by atoms with E-state index in [0.29, 0.717) is 12.1 Å². The Morgan fingerprint density at radius 1 is 1.15 bits per heavy atom. The van der Waals surface area contributed by atoms with Crippen LogP contribution in [0.5, 0.6) is 11.5 Å². The van der Waals surface area contributed by atoms with Gasteiger partial charge in [0.25, 0.3) is 0 Å². The number of nitrogens with zero attached hydrogens (tertiary/aromatic N) is 3. The van der Waals surface area contributed by atoms with Crippen LogP contribution in [0.1, 0.15) is 36.5 Å². The SMILES string of the molecule is CCc1ccc2ncc(C#N)c(N3CCC(C(=O)NCc4ccc5c(c4)OCO5)CC3)c2c1. The summed E-state index contributed by atoms with van der Waals surface area (Å²) in [7, 11) is 0. The second-order valence-corrected chi connectivity index (χ2v) is 8.50. The van der Waals surface area contributed by atoms with Crippen molar-refractivity contribution in [3.8, 4) is 17.6 Å². The Hall–Kier alpha value is -3.79. The third-order valence-corrected chi connectivity index (χ3v) is 6.52. The summed E-state index contributed by atoms with van der Waals surface area (Å²) in [5.41, 5.74) is 4.63. The maximum Gasteiger partial charge on any atom is 0.231 e. The van der Waals surface area contributed by atoms with E-state index in [1.54, 1.807) is 6.20 Å². The fourth-order valence-electron chi connectivity index (χ4n) is 4.62. The number of piperidine rings is 1. The molecule has 0 radical (unpaired) electrons. The number of anilines is 1. The molecule has 0 bridgehead atoms. The number of fused-ring (bicyclic) bond motifs is 2. The molecule has 1 fully saturated rings. The van der Waals surface area contributed by atoms with Crippen molar-refractivity contribution in [2.24, 2.45) is 5.92 Å². The fraction of sp³-hybridized carbons (Fsp3) is 0.346. The van der Waals surface area contributed by atoms with Crippen LogP contribution in [-0.2, 0) is 17.8 Å². The molecular formula is C26H26N4O3. The second kappa shape index (κ2) is 8.99. The summed E-state index contributed by atoms with van der Waals surface area (Å²) in [6.45, 7) is 4.28. The van der Waals surface area contributed by atoms with Crippen molar-refractivity contribution in [2.45, 2.75) is 32.7 Å². The van der Waals surface area contributed by atoms with Gasteiger partial charge in [-0.3, -0.25) is 9.78 Å². The normalized spacial score (nSPS) is 15.5. The highest BCUT2D eigenvalue weighted by Crippen LogP contribution is 2.34. The van der Waals surface area contributed by atoms with Crippen molar-refractivity contribution in [3.05, 3.63) is 59.3 Å². The zero-order chi connectivity index (χ0) is 22.8. The van der Waals surface area contributed by atoms with Crippen LogP contribution >= 0.6 is 0 Å². The highest BCUT2D eigenvalue weighted by Gasteiger charge is 2.27. The summed E-state index contributed by atoms with van der Waals surface area (Å²) in [4.78, 5) is 19.5. The number of rotatable bonds is 5. The van der Waals surface area contributed by atoms with E-state index < -0.39 is 0 Å². The molecule has 1 N–H and O–H groups in total. The first-order chi connectivity index (χ1) is 16.2. The highest BCUT2D eigenvalue weighted by atomic mass is 16.7. The Bertz CT molecular complexity index is 1240. The Kier molecular flexibility index (Phi) is 5.74. The number of hydrogen-bond acceptors (Lipinski definition) is 6. The standard InChI is InChI=1S/C26H26N4O3/c1-2-17-3-5-22-21(11-17)25(20(13-27)15-28-22)30-9-7-19(8-10-30)26(31)29-14-18-4-6-23-24(12-18)33-16-32-23/h3-6,11-12,15,19H,2,7-10,14,16H2,1H3,(H,29,31). The first-order valence-electron chi connectivity index (χ1n) is 11.4. The van der Waals surface area contributed by atoms with E-state index >= 15 is 0 Å². The van der Waals surface area contributed by atoms with Gasteiger partial charge in [-0.05, 0) is 54.7 Å². The molecule has 33 heavy (non-hydrogen) atoms. The Balaban J connectivity index is 1.26. The molecule has 0 saturated carbocycles. The van der Waals surface area contributed by atoms with Crippen molar-refractivity contribution in [1.29, 1.82) is 5.26 Å². The molecular weight excluding hydrogens is 416 g/mol. The molecule has 3 aromatic rings. The van der Waals surface area contributed by atoms with E-state index in [9.17, 15) is 10.1 Å². The van der Waals surface area contributed by atoms with E-state index in [0.717, 1.165) is 66.0 Å². The first-order valence-corrected chi connectivity index (χ1v) is 11.4. The summed E-state index contributed by atoms with van der Waals surface area (Å²) in [5, 5.41) is 13.8. The summed E-state index contributed by atoms with van der Waals surface area (Å²) >= 11 is 0. The lowest BCUT2D eigenvalue weighted by atomic mass is 9.94. The van der Waals surface area contributed by atoms with Crippen LogP contribution in [0.4, 0.5) is 5.69 Å². The van der Waals surface area contributed by atoms with Gasteiger partial charge in [0, 0.05) is 37.1 Å². The van der Waals surface area contributed by atoms with Crippen molar-refractivity contribution >= 4 is 22.5 Å². The van der Waals surface area contributed by atoms with Crippen LogP contribution < -0.4 is 19.7 Å². The van der Waals surface area contributed by atoms with E-state index in [1.165, 1.54) is 5.56 Å². The average molecular weight is 443 g/mol. The average Bonchev–Trinajstić information content (AvgIpc) is 3.34. The quantitative estimate of drug-likeness (QED) is 0.644. The molecule has 0 spiro atoms. The number of amides is 1. The van der Waals surface area contributed by atoms with E-state index in [-0.39, 0.29) is 18.6 Å². The third-order valence-electron chi connectivity index (χ3n) is 6.52. The van der Waals surface area contributed by atoms with Crippen molar-refractivity contribution in [3.63, 3.8) is 0 Å². The lowest BCUT2D eigenvalue weighted by Gasteiger charge is -2.34. The number of aromatic nitrogens is 1. The van der Waals surface area contributed by atoms with Gasteiger partial charge < -0.3 is 19.7 Å². The summed E-state index contributed by atoms with van der Waals surface area (Å²) < 4.78 is 10.8. The summed E-state index contributed by atoms with van der Waals surface area (Å²) in [6.07, 6.45) is 4.08. The topological polar surface area (TPSA) is 87.5 Å². The fourth-order valence-corrected chi connectivity index (χ4v) is 4.62. The monoisotopic (exact) mass is 442 g/mol. The van der Waals surface area contributed by atoms with Gasteiger partial charge in [-0.1, -0.05) is 19.1 Å². The number of nitriles is 1. The van der Waals surface area contributed by atoms with Crippen LogP contribution in [0.15, 0.2) is 42.6 Å². The van der Waals surface area contributed by atoms with Crippen LogP contribution in [-0.4, -0.2) is 30.8 Å². The maximum absolute atomic E-state index is 12.8. The molecule has 1 amide bonds. The highest BCUT2D eigenvalue weighted by molar-refractivity contribution is 5.95. The number of pyridine rings is 1.